The number of hydrogen-bond acceptors (Lipinski definition) is 2. The maximum absolute atomic E-state index is 12.0. The van der Waals surface area contributed by atoms with Crippen molar-refractivity contribution in [1.29, 1.82) is 0 Å². The van der Waals surface area contributed by atoms with Gasteiger partial charge in [0, 0.05) is 6.54 Å². The van der Waals surface area contributed by atoms with Crippen LogP contribution in [0.3, 0.4) is 0 Å². The van der Waals surface area contributed by atoms with Gasteiger partial charge in [-0.15, -0.1) is 0 Å². The highest BCUT2D eigenvalue weighted by Crippen LogP contribution is 2.49. The van der Waals surface area contributed by atoms with E-state index in [0.29, 0.717) is 12.0 Å². The normalized spacial score (nSPS) is 18.4. The van der Waals surface area contributed by atoms with Crippen LogP contribution in [0.2, 0.25) is 0 Å². The highest BCUT2D eigenvalue weighted by molar-refractivity contribution is 7.08. The zero-order valence-corrected chi connectivity index (χ0v) is 9.54. The van der Waals surface area contributed by atoms with Gasteiger partial charge in [0.25, 0.3) is 6.43 Å². The van der Waals surface area contributed by atoms with Gasteiger partial charge in [-0.05, 0) is 40.1 Å². The highest BCUT2D eigenvalue weighted by atomic mass is 32.1. The smallest absolute Gasteiger partial charge is 0.250 e. The van der Waals surface area contributed by atoms with E-state index in [-0.39, 0.29) is 6.54 Å². The summed E-state index contributed by atoms with van der Waals surface area (Å²) in [6, 6.07) is 0. The first-order valence-corrected chi connectivity index (χ1v) is 6.10. The van der Waals surface area contributed by atoms with E-state index < -0.39 is 6.43 Å². The van der Waals surface area contributed by atoms with Crippen LogP contribution in [-0.4, -0.2) is 13.0 Å². The molecule has 1 nitrogen and oxygen atoms in total. The van der Waals surface area contributed by atoms with E-state index in [4.69, 9.17) is 0 Å². The van der Waals surface area contributed by atoms with Crippen LogP contribution in [0.15, 0.2) is 10.8 Å². The zero-order chi connectivity index (χ0) is 10.9. The molecule has 1 aliphatic carbocycles. The Morgan fingerprint density at radius 2 is 2.20 bits per heavy atom. The quantitative estimate of drug-likeness (QED) is 0.820. The standard InChI is InChI=1S/C11H15F2NS/c1-11(2-3-11)9-7-15-6-8(9)4-14-5-10(12)13/h6-7,10,14H,2-5H2,1H3. The van der Waals surface area contributed by atoms with Crippen LogP contribution in [0.4, 0.5) is 8.78 Å². The van der Waals surface area contributed by atoms with Gasteiger partial charge in [0.15, 0.2) is 0 Å². The number of rotatable bonds is 5. The Morgan fingerprint density at radius 3 is 2.80 bits per heavy atom. The Labute approximate surface area is 92.5 Å². The minimum Gasteiger partial charge on any atom is -0.307 e. The summed E-state index contributed by atoms with van der Waals surface area (Å²) in [5.74, 6) is 0. The minimum atomic E-state index is -2.26. The van der Waals surface area contributed by atoms with Gasteiger partial charge in [-0.2, -0.15) is 11.3 Å². The number of hydrogen-bond donors (Lipinski definition) is 1. The topological polar surface area (TPSA) is 12.0 Å². The molecule has 1 fully saturated rings. The summed E-state index contributed by atoms with van der Waals surface area (Å²) < 4.78 is 23.9. The van der Waals surface area contributed by atoms with Gasteiger partial charge in [-0.1, -0.05) is 6.92 Å². The molecule has 0 amide bonds. The lowest BCUT2D eigenvalue weighted by atomic mass is 9.97. The lowest BCUT2D eigenvalue weighted by Gasteiger charge is -2.10. The monoisotopic (exact) mass is 231 g/mol. The third kappa shape index (κ3) is 2.55. The highest BCUT2D eigenvalue weighted by Gasteiger charge is 2.40. The maximum atomic E-state index is 12.0. The molecule has 0 bridgehead atoms. The number of thiophene rings is 1. The summed E-state index contributed by atoms with van der Waals surface area (Å²) in [5.41, 5.74) is 2.89. The Balaban J connectivity index is 1.94. The molecule has 15 heavy (non-hydrogen) atoms. The van der Waals surface area contributed by atoms with Gasteiger partial charge in [0.1, 0.15) is 0 Å². The predicted molar refractivity (Wildman–Crippen MR) is 58.6 cm³/mol. The molecule has 0 spiro atoms. The number of nitrogens with one attached hydrogen (secondary N) is 1. The van der Waals surface area contributed by atoms with Crippen molar-refractivity contribution in [1.82, 2.24) is 5.32 Å². The van der Waals surface area contributed by atoms with Crippen LogP contribution in [0, 0.1) is 0 Å². The van der Waals surface area contributed by atoms with Crippen molar-refractivity contribution < 1.29 is 8.78 Å². The largest absolute Gasteiger partial charge is 0.307 e. The van der Waals surface area contributed by atoms with Crippen molar-refractivity contribution in [3.05, 3.63) is 21.9 Å². The SMILES string of the molecule is CC1(c2cscc2CNCC(F)F)CC1. The second-order valence-corrected chi connectivity index (χ2v) is 5.14. The number of halogens is 2. The van der Waals surface area contributed by atoms with E-state index in [1.807, 2.05) is 0 Å². The summed E-state index contributed by atoms with van der Waals surface area (Å²) in [4.78, 5) is 0. The van der Waals surface area contributed by atoms with Crippen molar-refractivity contribution in [2.45, 2.75) is 38.2 Å². The summed E-state index contributed by atoms with van der Waals surface area (Å²) in [6.45, 7) is 2.59. The number of alkyl halides is 2. The average Bonchev–Trinajstić information content (AvgIpc) is 2.75. The third-order valence-corrected chi connectivity index (χ3v) is 3.80. The first kappa shape index (κ1) is 11.0. The predicted octanol–water partition coefficient (Wildman–Crippen LogP) is 3.15. The molecule has 4 heteroatoms. The van der Waals surface area contributed by atoms with Crippen molar-refractivity contribution >= 4 is 11.3 Å². The second-order valence-electron chi connectivity index (χ2n) is 4.39. The molecule has 0 aromatic carbocycles. The fraction of sp³-hybridized carbons (Fsp3) is 0.636. The van der Waals surface area contributed by atoms with Crippen LogP contribution < -0.4 is 5.32 Å². The van der Waals surface area contributed by atoms with E-state index in [1.54, 1.807) is 11.3 Å². The van der Waals surface area contributed by atoms with E-state index in [2.05, 4.69) is 23.0 Å². The molecule has 84 valence electrons. The molecule has 0 atom stereocenters. The van der Waals surface area contributed by atoms with Gasteiger partial charge < -0.3 is 5.32 Å². The molecule has 1 N–H and O–H groups in total. The van der Waals surface area contributed by atoms with Crippen LogP contribution in [0.25, 0.3) is 0 Å². The zero-order valence-electron chi connectivity index (χ0n) is 8.72. The first-order valence-electron chi connectivity index (χ1n) is 5.16. The van der Waals surface area contributed by atoms with Gasteiger partial charge >= 0.3 is 0 Å². The minimum absolute atomic E-state index is 0.216. The summed E-state index contributed by atoms with van der Waals surface area (Å²) >= 11 is 1.66. The lowest BCUT2D eigenvalue weighted by Crippen LogP contribution is -2.21. The van der Waals surface area contributed by atoms with Crippen molar-refractivity contribution in [3.63, 3.8) is 0 Å². The fourth-order valence-corrected chi connectivity index (χ4v) is 2.78. The van der Waals surface area contributed by atoms with Gasteiger partial charge in [0.05, 0.1) is 6.54 Å². The first-order chi connectivity index (χ1) is 7.12. The molecular formula is C11H15F2NS. The van der Waals surface area contributed by atoms with Crippen LogP contribution in [-0.2, 0) is 12.0 Å². The van der Waals surface area contributed by atoms with Gasteiger partial charge in [-0.3, -0.25) is 0 Å². The van der Waals surface area contributed by atoms with E-state index in [0.717, 1.165) is 0 Å². The average molecular weight is 231 g/mol. The molecule has 1 aromatic heterocycles. The van der Waals surface area contributed by atoms with E-state index in [1.165, 1.54) is 24.0 Å². The van der Waals surface area contributed by atoms with E-state index in [9.17, 15) is 8.78 Å². The van der Waals surface area contributed by atoms with Crippen LogP contribution >= 0.6 is 11.3 Å². The Kier molecular flexibility index (Phi) is 3.07. The molecule has 1 aliphatic rings. The van der Waals surface area contributed by atoms with Crippen molar-refractivity contribution in [3.8, 4) is 0 Å². The molecule has 1 saturated carbocycles. The molecule has 0 radical (unpaired) electrons. The molecule has 2 rings (SSSR count). The molecule has 1 aromatic rings. The second kappa shape index (κ2) is 4.18. The molecule has 0 aliphatic heterocycles. The lowest BCUT2D eigenvalue weighted by molar-refractivity contribution is 0.145. The fourth-order valence-electron chi connectivity index (χ4n) is 1.76. The summed E-state index contributed by atoms with van der Waals surface area (Å²) in [6.07, 6.45) is 0.195. The Bertz CT molecular complexity index is 331. The van der Waals surface area contributed by atoms with Crippen LogP contribution in [0.1, 0.15) is 30.9 Å². The van der Waals surface area contributed by atoms with Crippen molar-refractivity contribution in [2.75, 3.05) is 6.54 Å². The molecular weight excluding hydrogens is 216 g/mol. The summed E-state index contributed by atoms with van der Waals surface area (Å²) in [7, 11) is 0. The van der Waals surface area contributed by atoms with Gasteiger partial charge in [-0.25, -0.2) is 8.78 Å². The molecule has 1 heterocycles. The Morgan fingerprint density at radius 1 is 1.47 bits per heavy atom. The molecule has 0 saturated heterocycles. The summed E-state index contributed by atoms with van der Waals surface area (Å²) in [5, 5.41) is 7.01. The third-order valence-electron chi connectivity index (χ3n) is 3.01. The van der Waals surface area contributed by atoms with E-state index >= 15 is 0 Å². The van der Waals surface area contributed by atoms with Crippen molar-refractivity contribution in [2.24, 2.45) is 0 Å². The molecule has 0 unspecified atom stereocenters. The van der Waals surface area contributed by atoms with Gasteiger partial charge in [0.2, 0.25) is 0 Å². The van der Waals surface area contributed by atoms with Crippen LogP contribution in [0.5, 0.6) is 0 Å². The Hall–Kier alpha value is -0.480. The maximum Gasteiger partial charge on any atom is 0.250 e.